The number of rotatable bonds is 7. The molecule has 0 aliphatic heterocycles. The second-order valence-corrected chi connectivity index (χ2v) is 5.37. The molecule has 0 amide bonds. The Labute approximate surface area is 105 Å². The van der Waals surface area contributed by atoms with Gasteiger partial charge in [0.2, 0.25) is 0 Å². The molecule has 17 heavy (non-hydrogen) atoms. The van der Waals surface area contributed by atoms with E-state index in [1.165, 1.54) is 12.1 Å². The van der Waals surface area contributed by atoms with Gasteiger partial charge in [0.05, 0.1) is 12.0 Å². The predicted octanol–water partition coefficient (Wildman–Crippen LogP) is 1.75. The summed E-state index contributed by atoms with van der Waals surface area (Å²) in [6.07, 6.45) is 5.11. The summed E-state index contributed by atoms with van der Waals surface area (Å²) in [7, 11) is 6.23. The summed E-state index contributed by atoms with van der Waals surface area (Å²) in [6.45, 7) is 6.49. The fourth-order valence-electron chi connectivity index (χ4n) is 2.22. The minimum absolute atomic E-state index is 0.510. The molecule has 1 rings (SSSR count). The van der Waals surface area contributed by atoms with Crippen molar-refractivity contribution in [1.29, 1.82) is 0 Å². The number of nitrogens with zero attached hydrogens (tertiary/aromatic N) is 3. The van der Waals surface area contributed by atoms with Gasteiger partial charge in [-0.1, -0.05) is 13.8 Å². The molecule has 0 radical (unpaired) electrons. The summed E-state index contributed by atoms with van der Waals surface area (Å²) < 4.78 is 2.32. The summed E-state index contributed by atoms with van der Waals surface area (Å²) in [4.78, 5) is 6.53. The van der Waals surface area contributed by atoms with Gasteiger partial charge in [0, 0.05) is 25.3 Å². The molecule has 0 saturated heterocycles. The monoisotopic (exact) mass is 238 g/mol. The van der Waals surface area contributed by atoms with E-state index in [4.69, 9.17) is 0 Å². The molecule has 98 valence electrons. The van der Waals surface area contributed by atoms with E-state index in [2.05, 4.69) is 47.7 Å². The lowest BCUT2D eigenvalue weighted by Gasteiger charge is -2.25. The minimum atomic E-state index is 0.510. The fraction of sp³-hybridized carbons (Fsp3) is 0.769. The second-order valence-electron chi connectivity index (χ2n) is 5.37. The highest BCUT2D eigenvalue weighted by Gasteiger charge is 2.16. The van der Waals surface area contributed by atoms with E-state index < -0.39 is 0 Å². The highest BCUT2D eigenvalue weighted by atomic mass is 15.2. The van der Waals surface area contributed by atoms with E-state index in [1.54, 1.807) is 0 Å². The Kier molecular flexibility index (Phi) is 5.65. The summed E-state index contributed by atoms with van der Waals surface area (Å²) >= 11 is 0. The van der Waals surface area contributed by atoms with Crippen LogP contribution in [0.3, 0.4) is 0 Å². The van der Waals surface area contributed by atoms with E-state index in [1.807, 2.05) is 19.6 Å². The van der Waals surface area contributed by atoms with Crippen molar-refractivity contribution in [1.82, 2.24) is 19.8 Å². The molecule has 1 N–H and O–H groups in total. The van der Waals surface area contributed by atoms with E-state index >= 15 is 0 Å². The van der Waals surface area contributed by atoms with Crippen LogP contribution in [0.4, 0.5) is 0 Å². The molecule has 0 aromatic carbocycles. The zero-order chi connectivity index (χ0) is 12.8. The number of hydrogen-bond acceptors (Lipinski definition) is 3. The Hall–Kier alpha value is -0.870. The molecule has 4 heteroatoms. The molecule has 0 fully saturated rings. The average Bonchev–Trinajstić information content (AvgIpc) is 2.64. The summed E-state index contributed by atoms with van der Waals surface area (Å²) in [5, 5.41) is 3.20. The third kappa shape index (κ3) is 4.48. The van der Waals surface area contributed by atoms with Crippen molar-refractivity contribution in [3.05, 3.63) is 18.2 Å². The zero-order valence-corrected chi connectivity index (χ0v) is 11.8. The third-order valence-electron chi connectivity index (χ3n) is 2.82. The smallest absolute Gasteiger partial charge is 0.0951 e. The molecule has 0 aliphatic rings. The first kappa shape index (κ1) is 14.2. The number of aromatic nitrogens is 2. The predicted molar refractivity (Wildman–Crippen MR) is 72.0 cm³/mol. The van der Waals surface area contributed by atoms with Crippen molar-refractivity contribution < 1.29 is 0 Å². The molecule has 0 saturated carbocycles. The number of hydrogen-bond donors (Lipinski definition) is 1. The molecule has 1 heterocycles. The highest BCUT2D eigenvalue weighted by Crippen LogP contribution is 2.20. The zero-order valence-electron chi connectivity index (χ0n) is 11.8. The van der Waals surface area contributed by atoms with E-state index in [0.717, 1.165) is 13.1 Å². The molecule has 1 aromatic rings. The van der Waals surface area contributed by atoms with Gasteiger partial charge in [0.15, 0.2) is 0 Å². The second kappa shape index (κ2) is 6.77. The van der Waals surface area contributed by atoms with Crippen molar-refractivity contribution in [2.45, 2.75) is 32.9 Å². The van der Waals surface area contributed by atoms with Crippen molar-refractivity contribution in [3.63, 3.8) is 0 Å². The number of nitrogens with one attached hydrogen (secondary N) is 1. The molecule has 1 unspecified atom stereocenters. The summed E-state index contributed by atoms with van der Waals surface area (Å²) in [5.74, 6) is 0.699. The Morgan fingerprint density at radius 3 is 2.65 bits per heavy atom. The van der Waals surface area contributed by atoms with Gasteiger partial charge in [-0.05, 0) is 33.5 Å². The van der Waals surface area contributed by atoms with E-state index in [-0.39, 0.29) is 0 Å². The van der Waals surface area contributed by atoms with Gasteiger partial charge in [-0.3, -0.25) is 0 Å². The van der Waals surface area contributed by atoms with Crippen LogP contribution in [0.15, 0.2) is 12.5 Å². The van der Waals surface area contributed by atoms with Crippen LogP contribution in [0.5, 0.6) is 0 Å². The first-order valence-electron chi connectivity index (χ1n) is 6.34. The van der Waals surface area contributed by atoms with Crippen LogP contribution in [0, 0.1) is 5.92 Å². The molecular weight excluding hydrogens is 212 g/mol. The fourth-order valence-corrected chi connectivity index (χ4v) is 2.22. The highest BCUT2D eigenvalue weighted by molar-refractivity contribution is 5.00. The Morgan fingerprint density at radius 2 is 2.12 bits per heavy atom. The maximum atomic E-state index is 4.28. The van der Waals surface area contributed by atoms with Crippen LogP contribution in [-0.2, 0) is 6.54 Å². The maximum absolute atomic E-state index is 4.28. The topological polar surface area (TPSA) is 33.1 Å². The minimum Gasteiger partial charge on any atom is -0.329 e. The molecule has 4 nitrogen and oxygen atoms in total. The largest absolute Gasteiger partial charge is 0.329 e. The summed E-state index contributed by atoms with van der Waals surface area (Å²) in [5.41, 5.74) is 1.26. The lowest BCUT2D eigenvalue weighted by molar-refractivity contribution is 0.284. The average molecular weight is 238 g/mol. The van der Waals surface area contributed by atoms with Gasteiger partial charge < -0.3 is 14.8 Å². The van der Waals surface area contributed by atoms with Gasteiger partial charge in [-0.15, -0.1) is 0 Å². The Balaban J connectivity index is 2.82. The lowest BCUT2D eigenvalue weighted by Crippen LogP contribution is -2.27. The van der Waals surface area contributed by atoms with Crippen LogP contribution < -0.4 is 5.32 Å². The molecular formula is C13H26N4. The van der Waals surface area contributed by atoms with Crippen molar-refractivity contribution in [2.24, 2.45) is 5.92 Å². The quantitative estimate of drug-likeness (QED) is 0.785. The molecule has 0 spiro atoms. The van der Waals surface area contributed by atoms with Crippen LogP contribution in [0.2, 0.25) is 0 Å². The van der Waals surface area contributed by atoms with Gasteiger partial charge in [-0.2, -0.15) is 0 Å². The van der Waals surface area contributed by atoms with E-state index in [0.29, 0.717) is 12.0 Å². The first-order chi connectivity index (χ1) is 8.04. The molecule has 1 atom stereocenters. The van der Waals surface area contributed by atoms with Crippen molar-refractivity contribution >= 4 is 0 Å². The standard InChI is InChI=1S/C13H26N4/c1-11(2)6-12(9-16(4)5)17-10-15-8-13(17)7-14-3/h8,10-12,14H,6-7,9H2,1-5H3. The normalized spacial score (nSPS) is 13.6. The maximum Gasteiger partial charge on any atom is 0.0951 e. The van der Waals surface area contributed by atoms with Gasteiger partial charge in [0.25, 0.3) is 0 Å². The SMILES string of the molecule is CNCc1cncn1C(CC(C)C)CN(C)C. The molecule has 0 bridgehead atoms. The van der Waals surface area contributed by atoms with Gasteiger partial charge in [0.1, 0.15) is 0 Å². The Morgan fingerprint density at radius 1 is 1.41 bits per heavy atom. The molecule has 0 aliphatic carbocycles. The number of imidazole rings is 1. The lowest BCUT2D eigenvalue weighted by atomic mass is 10.0. The van der Waals surface area contributed by atoms with E-state index in [9.17, 15) is 0 Å². The van der Waals surface area contributed by atoms with Crippen molar-refractivity contribution in [2.75, 3.05) is 27.7 Å². The third-order valence-corrected chi connectivity index (χ3v) is 2.82. The summed E-state index contributed by atoms with van der Waals surface area (Å²) in [6, 6.07) is 0.510. The van der Waals surface area contributed by atoms with Crippen LogP contribution >= 0.6 is 0 Å². The van der Waals surface area contributed by atoms with Gasteiger partial charge >= 0.3 is 0 Å². The Bertz CT molecular complexity index is 307. The first-order valence-corrected chi connectivity index (χ1v) is 6.34. The van der Waals surface area contributed by atoms with Gasteiger partial charge in [-0.25, -0.2) is 4.98 Å². The van der Waals surface area contributed by atoms with Crippen LogP contribution in [0.25, 0.3) is 0 Å². The van der Waals surface area contributed by atoms with Crippen LogP contribution in [0.1, 0.15) is 32.0 Å². The van der Waals surface area contributed by atoms with Crippen LogP contribution in [-0.4, -0.2) is 42.1 Å². The van der Waals surface area contributed by atoms with Crippen molar-refractivity contribution in [3.8, 4) is 0 Å². The molecule has 1 aromatic heterocycles. The number of likely N-dealkylation sites (N-methyl/N-ethyl adjacent to an activating group) is 1.